The fourth-order valence-electron chi connectivity index (χ4n) is 2.73. The van der Waals surface area contributed by atoms with E-state index in [-0.39, 0.29) is 11.9 Å². The van der Waals surface area contributed by atoms with E-state index in [1.165, 1.54) is 0 Å². The summed E-state index contributed by atoms with van der Waals surface area (Å²) in [6.45, 7) is 8.03. The molecule has 22 heavy (non-hydrogen) atoms. The Kier molecular flexibility index (Phi) is 6.61. The van der Waals surface area contributed by atoms with Gasteiger partial charge in [0.15, 0.2) is 0 Å². The SMILES string of the molecule is CC(C)CC(O)CNCc1ccc(N2CCOCC2)c(F)c1. The van der Waals surface area contributed by atoms with Crippen LogP contribution in [-0.2, 0) is 11.3 Å². The van der Waals surface area contributed by atoms with Crippen molar-refractivity contribution in [2.45, 2.75) is 32.9 Å². The van der Waals surface area contributed by atoms with Crippen LogP contribution < -0.4 is 10.2 Å². The topological polar surface area (TPSA) is 44.7 Å². The zero-order valence-corrected chi connectivity index (χ0v) is 13.5. The van der Waals surface area contributed by atoms with Crippen LogP contribution in [-0.4, -0.2) is 44.1 Å². The van der Waals surface area contributed by atoms with Crippen LogP contribution in [0.25, 0.3) is 0 Å². The van der Waals surface area contributed by atoms with Gasteiger partial charge in [-0.05, 0) is 30.0 Å². The summed E-state index contributed by atoms with van der Waals surface area (Å²) in [4.78, 5) is 2.02. The van der Waals surface area contributed by atoms with Crippen molar-refractivity contribution in [1.29, 1.82) is 0 Å². The lowest BCUT2D eigenvalue weighted by molar-refractivity contribution is 0.122. The van der Waals surface area contributed by atoms with Crippen LogP contribution in [0.3, 0.4) is 0 Å². The fraction of sp³-hybridized carbons (Fsp3) is 0.647. The molecule has 1 aromatic rings. The molecule has 124 valence electrons. The Balaban J connectivity index is 1.84. The standard InChI is InChI=1S/C17H27FN2O2/c1-13(2)9-15(21)12-19-11-14-3-4-17(16(18)10-14)20-5-7-22-8-6-20/h3-4,10,13,15,19,21H,5-9,11-12H2,1-2H3. The van der Waals surface area contributed by atoms with Gasteiger partial charge in [0.1, 0.15) is 5.82 Å². The first-order valence-electron chi connectivity index (χ1n) is 8.06. The van der Waals surface area contributed by atoms with Gasteiger partial charge in [-0.15, -0.1) is 0 Å². The molecule has 2 rings (SSSR count). The predicted octanol–water partition coefficient (Wildman–Crippen LogP) is 2.16. The summed E-state index contributed by atoms with van der Waals surface area (Å²) in [5.41, 5.74) is 1.54. The van der Waals surface area contributed by atoms with Gasteiger partial charge in [-0.3, -0.25) is 0 Å². The van der Waals surface area contributed by atoms with E-state index in [1.807, 2.05) is 17.0 Å². The van der Waals surface area contributed by atoms with Gasteiger partial charge in [0.25, 0.3) is 0 Å². The minimum atomic E-state index is -0.350. The van der Waals surface area contributed by atoms with Crippen LogP contribution in [0.15, 0.2) is 18.2 Å². The molecule has 1 aliphatic heterocycles. The summed E-state index contributed by atoms with van der Waals surface area (Å²) in [6, 6.07) is 5.35. The summed E-state index contributed by atoms with van der Waals surface area (Å²) >= 11 is 0. The van der Waals surface area contributed by atoms with Gasteiger partial charge >= 0.3 is 0 Å². The zero-order chi connectivity index (χ0) is 15.9. The number of anilines is 1. The molecule has 5 heteroatoms. The largest absolute Gasteiger partial charge is 0.392 e. The van der Waals surface area contributed by atoms with E-state index < -0.39 is 0 Å². The van der Waals surface area contributed by atoms with E-state index in [0.717, 1.165) is 25.1 Å². The fourth-order valence-corrected chi connectivity index (χ4v) is 2.73. The third kappa shape index (κ3) is 5.23. The second-order valence-corrected chi connectivity index (χ2v) is 6.30. The number of rotatable bonds is 7. The van der Waals surface area contributed by atoms with E-state index in [1.54, 1.807) is 6.07 Å². The maximum atomic E-state index is 14.2. The summed E-state index contributed by atoms with van der Waals surface area (Å²) in [6.07, 6.45) is 0.426. The molecule has 1 aliphatic rings. The van der Waals surface area contributed by atoms with Gasteiger partial charge in [-0.2, -0.15) is 0 Å². The number of ether oxygens (including phenoxy) is 1. The molecule has 0 bridgehead atoms. The molecule has 0 radical (unpaired) electrons. The number of hydrogen-bond donors (Lipinski definition) is 2. The molecule has 0 spiro atoms. The molecular weight excluding hydrogens is 283 g/mol. The van der Waals surface area contributed by atoms with E-state index in [2.05, 4.69) is 19.2 Å². The smallest absolute Gasteiger partial charge is 0.146 e. The third-order valence-electron chi connectivity index (χ3n) is 3.82. The van der Waals surface area contributed by atoms with Gasteiger partial charge in [-0.25, -0.2) is 4.39 Å². The lowest BCUT2D eigenvalue weighted by Crippen LogP contribution is -2.36. The number of morpholine rings is 1. The van der Waals surface area contributed by atoms with E-state index in [9.17, 15) is 9.50 Å². The highest BCUT2D eigenvalue weighted by Crippen LogP contribution is 2.21. The second kappa shape index (κ2) is 8.46. The lowest BCUT2D eigenvalue weighted by atomic mass is 10.1. The van der Waals surface area contributed by atoms with Crippen molar-refractivity contribution in [3.05, 3.63) is 29.6 Å². The maximum Gasteiger partial charge on any atom is 0.146 e. The number of nitrogens with one attached hydrogen (secondary N) is 1. The molecule has 2 N–H and O–H groups in total. The monoisotopic (exact) mass is 310 g/mol. The van der Waals surface area contributed by atoms with Crippen LogP contribution in [0.1, 0.15) is 25.8 Å². The average molecular weight is 310 g/mol. The van der Waals surface area contributed by atoms with Crippen LogP contribution in [0, 0.1) is 11.7 Å². The van der Waals surface area contributed by atoms with Crippen LogP contribution >= 0.6 is 0 Å². The van der Waals surface area contributed by atoms with Gasteiger partial charge in [-0.1, -0.05) is 19.9 Å². The first-order valence-corrected chi connectivity index (χ1v) is 8.06. The molecule has 1 heterocycles. The Morgan fingerprint density at radius 3 is 2.68 bits per heavy atom. The quantitative estimate of drug-likeness (QED) is 0.810. The van der Waals surface area contributed by atoms with Gasteiger partial charge in [0.2, 0.25) is 0 Å². The van der Waals surface area contributed by atoms with Crippen LogP contribution in [0.5, 0.6) is 0 Å². The summed E-state index contributed by atoms with van der Waals surface area (Å²) < 4.78 is 19.5. The Labute approximate surface area is 132 Å². The molecule has 1 atom stereocenters. The molecule has 0 saturated carbocycles. The Morgan fingerprint density at radius 1 is 1.32 bits per heavy atom. The molecule has 0 aliphatic carbocycles. The zero-order valence-electron chi connectivity index (χ0n) is 13.5. The molecule has 1 aromatic carbocycles. The Hall–Kier alpha value is -1.17. The average Bonchev–Trinajstić information content (AvgIpc) is 2.47. The van der Waals surface area contributed by atoms with Crippen LogP contribution in [0.4, 0.5) is 10.1 Å². The molecule has 1 fully saturated rings. The Morgan fingerprint density at radius 2 is 2.05 bits per heavy atom. The number of benzene rings is 1. The number of aliphatic hydroxyl groups is 1. The molecule has 4 nitrogen and oxygen atoms in total. The maximum absolute atomic E-state index is 14.2. The van der Waals surface area contributed by atoms with Crippen molar-refractivity contribution in [2.75, 3.05) is 37.7 Å². The van der Waals surface area contributed by atoms with E-state index in [4.69, 9.17) is 4.74 Å². The normalized spacial score (nSPS) is 17.0. The van der Waals surface area contributed by atoms with Crippen molar-refractivity contribution in [1.82, 2.24) is 5.32 Å². The third-order valence-corrected chi connectivity index (χ3v) is 3.82. The molecule has 0 aromatic heterocycles. The highest BCUT2D eigenvalue weighted by molar-refractivity contribution is 5.49. The highest BCUT2D eigenvalue weighted by Gasteiger charge is 2.15. The van der Waals surface area contributed by atoms with Crippen LogP contribution in [0.2, 0.25) is 0 Å². The number of aliphatic hydroxyl groups excluding tert-OH is 1. The number of nitrogens with zero attached hydrogens (tertiary/aromatic N) is 1. The summed E-state index contributed by atoms with van der Waals surface area (Å²) in [5, 5.41) is 13.0. The lowest BCUT2D eigenvalue weighted by Gasteiger charge is -2.29. The molecule has 0 amide bonds. The number of halogens is 1. The van der Waals surface area contributed by atoms with Crippen molar-refractivity contribution in [2.24, 2.45) is 5.92 Å². The number of hydrogen-bond acceptors (Lipinski definition) is 4. The second-order valence-electron chi connectivity index (χ2n) is 6.30. The van der Waals surface area contributed by atoms with Crippen molar-refractivity contribution in [3.63, 3.8) is 0 Å². The van der Waals surface area contributed by atoms with Gasteiger partial charge in [0, 0.05) is 26.2 Å². The van der Waals surface area contributed by atoms with E-state index in [0.29, 0.717) is 37.9 Å². The molecular formula is C17H27FN2O2. The van der Waals surface area contributed by atoms with Crippen molar-refractivity contribution < 1.29 is 14.2 Å². The highest BCUT2D eigenvalue weighted by atomic mass is 19.1. The molecule has 1 saturated heterocycles. The Bertz CT molecular complexity index is 462. The minimum absolute atomic E-state index is 0.191. The van der Waals surface area contributed by atoms with Crippen molar-refractivity contribution >= 4 is 5.69 Å². The van der Waals surface area contributed by atoms with Gasteiger partial charge in [0.05, 0.1) is 25.0 Å². The first-order chi connectivity index (χ1) is 10.6. The predicted molar refractivity (Wildman–Crippen MR) is 86.6 cm³/mol. The summed E-state index contributed by atoms with van der Waals surface area (Å²) in [5.74, 6) is 0.283. The molecule has 1 unspecified atom stereocenters. The van der Waals surface area contributed by atoms with E-state index >= 15 is 0 Å². The first kappa shape index (κ1) is 17.2. The minimum Gasteiger partial charge on any atom is -0.392 e. The summed E-state index contributed by atoms with van der Waals surface area (Å²) in [7, 11) is 0. The van der Waals surface area contributed by atoms with Crippen molar-refractivity contribution in [3.8, 4) is 0 Å². The van der Waals surface area contributed by atoms with Gasteiger partial charge < -0.3 is 20.1 Å².